The van der Waals surface area contributed by atoms with Crippen molar-refractivity contribution in [2.75, 3.05) is 6.61 Å². The number of Topliss-reactive ketones (excluding diaryl/α,β-unsaturated/α-hetero) is 1. The Morgan fingerprint density at radius 3 is 2.67 bits per heavy atom. The number of aromatic nitrogens is 2. The SMILES string of the molecule is CC[C@@]1(O)C(=O)CCc2c1cc1n(c2=O)Cc2c-1nc1cc(F)c(C)c3c1c2[C@@H](NC(=O)C1CC(CO)C1)CC3. The molecule has 1 amide bonds. The zero-order valence-corrected chi connectivity index (χ0v) is 22.6. The van der Waals surface area contributed by atoms with Gasteiger partial charge in [0.15, 0.2) is 5.78 Å². The summed E-state index contributed by atoms with van der Waals surface area (Å²) in [7, 11) is 0. The molecule has 3 aliphatic carbocycles. The summed E-state index contributed by atoms with van der Waals surface area (Å²) in [6.07, 6.45) is 3.05. The molecule has 1 saturated carbocycles. The van der Waals surface area contributed by atoms with Crippen LogP contribution in [0, 0.1) is 24.6 Å². The summed E-state index contributed by atoms with van der Waals surface area (Å²) in [4.78, 5) is 44.6. The minimum Gasteiger partial charge on any atom is -0.396 e. The number of aryl methyl sites for hydroxylation is 1. The van der Waals surface area contributed by atoms with Crippen LogP contribution >= 0.6 is 0 Å². The third-order valence-electron chi connectivity index (χ3n) is 9.94. The third-order valence-corrected chi connectivity index (χ3v) is 9.94. The number of ketones is 1. The number of nitrogens with one attached hydrogen (secondary N) is 1. The first-order chi connectivity index (χ1) is 19.2. The van der Waals surface area contributed by atoms with Gasteiger partial charge in [0, 0.05) is 47.1 Å². The van der Waals surface area contributed by atoms with E-state index in [1.165, 1.54) is 6.07 Å². The predicted octanol–water partition coefficient (Wildman–Crippen LogP) is 3.11. The Hall–Kier alpha value is -3.43. The number of aliphatic hydroxyl groups is 2. The van der Waals surface area contributed by atoms with Crippen LogP contribution in [0.5, 0.6) is 0 Å². The highest BCUT2D eigenvalue weighted by Gasteiger charge is 2.44. The van der Waals surface area contributed by atoms with E-state index in [2.05, 4.69) is 5.32 Å². The molecule has 4 aliphatic rings. The molecule has 3 aromatic rings. The molecule has 2 atom stereocenters. The van der Waals surface area contributed by atoms with Crippen molar-refractivity contribution in [3.05, 3.63) is 61.7 Å². The first-order valence-electron chi connectivity index (χ1n) is 14.2. The van der Waals surface area contributed by atoms with Gasteiger partial charge in [0.05, 0.1) is 29.5 Å². The van der Waals surface area contributed by atoms with Crippen molar-refractivity contribution < 1.29 is 24.2 Å². The molecular formula is C31H32FN3O5. The standard InChI is InChI=1S/C31H32FN3O5/c1-3-31(40)20-10-24-28-19(12-35(24)30(39)18(20)5-7-25(31)37)27-22(34-29(38)16-8-15(9-16)13-36)6-4-17-14(2)21(32)11-23(33-28)26(17)27/h10-11,15-16,22,36,40H,3-9,12-13H2,1-2H3,(H,34,38)/t15?,16?,22-,31-/m0/s1. The van der Waals surface area contributed by atoms with Crippen LogP contribution < -0.4 is 10.9 Å². The molecular weight excluding hydrogens is 513 g/mol. The van der Waals surface area contributed by atoms with Gasteiger partial charge in [-0.2, -0.15) is 0 Å². The number of hydrogen-bond acceptors (Lipinski definition) is 6. The molecule has 1 fully saturated rings. The second kappa shape index (κ2) is 8.78. The normalized spacial score (nSPS) is 26.2. The fraction of sp³-hybridized carbons (Fsp3) is 0.484. The number of aliphatic hydroxyl groups excluding tert-OH is 1. The summed E-state index contributed by atoms with van der Waals surface area (Å²) in [5, 5.41) is 24.8. The van der Waals surface area contributed by atoms with Crippen molar-refractivity contribution in [2.45, 2.75) is 77.0 Å². The lowest BCUT2D eigenvalue weighted by atomic mass is 9.74. The van der Waals surface area contributed by atoms with Gasteiger partial charge in [0.2, 0.25) is 5.91 Å². The lowest BCUT2D eigenvalue weighted by molar-refractivity contribution is -0.140. The van der Waals surface area contributed by atoms with E-state index in [4.69, 9.17) is 4.98 Å². The zero-order chi connectivity index (χ0) is 28.1. The van der Waals surface area contributed by atoms with Gasteiger partial charge in [-0.3, -0.25) is 14.4 Å². The molecule has 7 rings (SSSR count). The van der Waals surface area contributed by atoms with E-state index < -0.39 is 5.60 Å². The van der Waals surface area contributed by atoms with Crippen LogP contribution in [0.15, 0.2) is 16.9 Å². The van der Waals surface area contributed by atoms with Gasteiger partial charge in [0.25, 0.3) is 5.56 Å². The van der Waals surface area contributed by atoms with Gasteiger partial charge in [-0.15, -0.1) is 0 Å². The largest absolute Gasteiger partial charge is 0.396 e. The molecule has 0 bridgehead atoms. The number of nitrogens with zero attached hydrogens (tertiary/aromatic N) is 2. The summed E-state index contributed by atoms with van der Waals surface area (Å²) < 4.78 is 16.7. The molecule has 9 heteroatoms. The monoisotopic (exact) mass is 545 g/mol. The van der Waals surface area contributed by atoms with E-state index in [-0.39, 0.29) is 73.4 Å². The van der Waals surface area contributed by atoms with Gasteiger partial charge in [0.1, 0.15) is 11.4 Å². The number of rotatable bonds is 4. The maximum absolute atomic E-state index is 15.1. The van der Waals surface area contributed by atoms with Crippen molar-refractivity contribution in [3.8, 4) is 11.4 Å². The summed E-state index contributed by atoms with van der Waals surface area (Å²) in [6, 6.07) is 2.82. The molecule has 3 N–H and O–H groups in total. The van der Waals surface area contributed by atoms with Crippen molar-refractivity contribution in [1.82, 2.24) is 14.9 Å². The van der Waals surface area contributed by atoms with Crippen LogP contribution in [-0.2, 0) is 34.6 Å². The number of fused-ring (bicyclic) bond motifs is 5. The van der Waals surface area contributed by atoms with Crippen molar-refractivity contribution in [1.29, 1.82) is 0 Å². The second-order valence-corrected chi connectivity index (χ2v) is 12.0. The minimum absolute atomic E-state index is 0.0506. The Labute approximate surface area is 230 Å². The van der Waals surface area contributed by atoms with E-state index in [1.54, 1.807) is 24.5 Å². The highest BCUT2D eigenvalue weighted by molar-refractivity contribution is 5.94. The highest BCUT2D eigenvalue weighted by Crippen LogP contribution is 2.46. The Morgan fingerprint density at radius 1 is 1.18 bits per heavy atom. The quantitative estimate of drug-likeness (QED) is 0.362. The third kappa shape index (κ3) is 3.37. The fourth-order valence-corrected chi connectivity index (χ4v) is 7.47. The minimum atomic E-state index is -1.72. The predicted molar refractivity (Wildman–Crippen MR) is 145 cm³/mol. The number of amides is 1. The van der Waals surface area contributed by atoms with E-state index in [0.29, 0.717) is 59.3 Å². The van der Waals surface area contributed by atoms with Crippen molar-refractivity contribution in [2.24, 2.45) is 11.8 Å². The first kappa shape index (κ1) is 25.5. The Balaban J connectivity index is 1.42. The zero-order valence-electron chi connectivity index (χ0n) is 22.6. The van der Waals surface area contributed by atoms with Gasteiger partial charge in [-0.05, 0) is 74.1 Å². The van der Waals surface area contributed by atoms with E-state index in [1.807, 2.05) is 0 Å². The average Bonchev–Trinajstić information content (AvgIpc) is 3.28. The van der Waals surface area contributed by atoms with Crippen molar-refractivity contribution >= 4 is 22.6 Å². The maximum Gasteiger partial charge on any atom is 0.254 e. The Morgan fingerprint density at radius 2 is 1.95 bits per heavy atom. The summed E-state index contributed by atoms with van der Waals surface area (Å²) in [5.41, 5.74) is 3.46. The van der Waals surface area contributed by atoms with E-state index in [9.17, 15) is 24.6 Å². The Kier molecular flexibility index (Phi) is 5.61. The summed E-state index contributed by atoms with van der Waals surface area (Å²) in [5.74, 6) is -0.679. The lowest BCUT2D eigenvalue weighted by Crippen LogP contribution is -2.43. The van der Waals surface area contributed by atoms with E-state index in [0.717, 1.165) is 22.1 Å². The summed E-state index contributed by atoms with van der Waals surface area (Å²) >= 11 is 0. The van der Waals surface area contributed by atoms with Gasteiger partial charge in [-0.1, -0.05) is 6.92 Å². The number of pyridine rings is 2. The molecule has 2 aromatic heterocycles. The highest BCUT2D eigenvalue weighted by atomic mass is 19.1. The molecule has 1 aromatic carbocycles. The lowest BCUT2D eigenvalue weighted by Gasteiger charge is -2.35. The van der Waals surface area contributed by atoms with Crippen LogP contribution in [0.2, 0.25) is 0 Å². The topological polar surface area (TPSA) is 122 Å². The fourth-order valence-electron chi connectivity index (χ4n) is 7.47. The molecule has 3 heterocycles. The van der Waals surface area contributed by atoms with Gasteiger partial charge < -0.3 is 20.1 Å². The number of halogens is 1. The summed E-state index contributed by atoms with van der Waals surface area (Å²) in [6.45, 7) is 3.83. The van der Waals surface area contributed by atoms with Crippen LogP contribution in [0.3, 0.4) is 0 Å². The van der Waals surface area contributed by atoms with E-state index >= 15 is 4.39 Å². The van der Waals surface area contributed by atoms with Gasteiger partial charge >= 0.3 is 0 Å². The van der Waals surface area contributed by atoms with Crippen LogP contribution in [0.1, 0.15) is 78.5 Å². The van der Waals surface area contributed by atoms with Crippen LogP contribution in [0.4, 0.5) is 4.39 Å². The molecule has 8 nitrogen and oxygen atoms in total. The maximum atomic E-state index is 15.1. The number of carbonyl (C=O) groups is 2. The van der Waals surface area contributed by atoms with Crippen LogP contribution in [-0.4, -0.2) is 38.1 Å². The van der Waals surface area contributed by atoms with Crippen molar-refractivity contribution in [3.63, 3.8) is 0 Å². The molecule has 40 heavy (non-hydrogen) atoms. The molecule has 0 spiro atoms. The number of benzene rings is 1. The number of carbonyl (C=O) groups excluding carboxylic acids is 2. The van der Waals surface area contributed by atoms with Gasteiger partial charge in [-0.25, -0.2) is 9.37 Å². The van der Waals surface area contributed by atoms with Crippen LogP contribution in [0.25, 0.3) is 22.3 Å². The average molecular weight is 546 g/mol. The Bertz CT molecular complexity index is 1710. The molecule has 0 saturated heterocycles. The smallest absolute Gasteiger partial charge is 0.254 e. The second-order valence-electron chi connectivity index (χ2n) is 12.0. The molecule has 1 aliphatic heterocycles. The molecule has 0 unspecified atom stereocenters. The molecule has 208 valence electrons. The number of hydrogen-bond donors (Lipinski definition) is 3. The molecule has 0 radical (unpaired) electrons. The first-order valence-corrected chi connectivity index (χ1v) is 14.2.